The number of hydrogen-bond donors (Lipinski definition) is 0. The summed E-state index contributed by atoms with van der Waals surface area (Å²) in [6, 6.07) is 0. The molecule has 0 rings (SSSR count). The molecule has 0 aliphatic heterocycles. The van der Waals surface area contributed by atoms with Gasteiger partial charge < -0.3 is 5.48 Å². The van der Waals surface area contributed by atoms with Crippen LogP contribution in [0.2, 0.25) is 26.3 Å². The van der Waals surface area contributed by atoms with Crippen molar-refractivity contribution in [1.29, 1.82) is 0 Å². The van der Waals surface area contributed by atoms with Gasteiger partial charge in [0.05, 0.1) is 0 Å². The first kappa shape index (κ1) is 19.6. The van der Waals surface area contributed by atoms with Gasteiger partial charge >= 0.3 is 90.7 Å². The van der Waals surface area contributed by atoms with E-state index in [0.717, 1.165) is 0 Å². The molecule has 81 valence electrons. The fourth-order valence-corrected chi connectivity index (χ4v) is 5.20. The zero-order valence-electron chi connectivity index (χ0n) is 10.0. The van der Waals surface area contributed by atoms with Crippen molar-refractivity contribution in [2.45, 2.75) is 60.9 Å². The van der Waals surface area contributed by atoms with Crippen LogP contribution in [-0.2, 0) is 0 Å². The molecule has 2 N–H and O–H groups in total. The molecule has 0 aliphatic rings. The van der Waals surface area contributed by atoms with Crippen molar-refractivity contribution in [3.8, 4) is 0 Å². The Kier molecular flexibility index (Phi) is 28.3. The van der Waals surface area contributed by atoms with E-state index in [0.29, 0.717) is 15.4 Å². The van der Waals surface area contributed by atoms with Crippen LogP contribution in [-0.4, -0.2) is 35.3 Å². The molecule has 3 radical (unpaired) electrons. The molecule has 0 aliphatic carbocycles. The van der Waals surface area contributed by atoms with Crippen LogP contribution < -0.4 is 0 Å². The van der Waals surface area contributed by atoms with Gasteiger partial charge in [-0.25, -0.2) is 0 Å². The van der Waals surface area contributed by atoms with Crippen molar-refractivity contribution < 1.29 is 5.48 Å². The van der Waals surface area contributed by atoms with Crippen molar-refractivity contribution in [3.05, 3.63) is 0 Å². The normalized spacial score (nSPS) is 8.77. The average Bonchev–Trinajstić information content (AvgIpc) is 2.10. The Bertz CT molecular complexity index is 58.4. The Morgan fingerprint density at radius 1 is 0.769 bits per heavy atom. The van der Waals surface area contributed by atoms with Crippen LogP contribution in [0.3, 0.4) is 0 Å². The second kappa shape index (κ2) is 18.8. The van der Waals surface area contributed by atoms with E-state index in [1.54, 1.807) is 0 Å². The summed E-state index contributed by atoms with van der Waals surface area (Å²) in [6.45, 7) is 11.5. The van der Waals surface area contributed by atoms with E-state index in [-0.39, 0.29) is 5.48 Å². The van der Waals surface area contributed by atoms with Crippen LogP contribution in [0.5, 0.6) is 0 Å². The summed E-state index contributed by atoms with van der Waals surface area (Å²) >= 11 is 0.125. The van der Waals surface area contributed by atoms with Gasteiger partial charge in [-0.2, -0.15) is 0 Å². The minimum atomic E-state index is -0.403. The molecule has 0 saturated heterocycles. The summed E-state index contributed by atoms with van der Waals surface area (Å²) in [5.74, 6) is 0. The van der Waals surface area contributed by atoms with Crippen LogP contribution in [0.1, 0.15) is 34.6 Å². The zero-order chi connectivity index (χ0) is 9.82. The predicted octanol–water partition coefficient (Wildman–Crippen LogP) is 3.28. The van der Waals surface area contributed by atoms with Gasteiger partial charge in [0, 0.05) is 0 Å². The zero-order valence-corrected chi connectivity index (χ0v) is 14.2. The Labute approximate surface area is 96.0 Å². The van der Waals surface area contributed by atoms with Crippen molar-refractivity contribution in [3.63, 3.8) is 0 Å². The first-order valence-electron chi connectivity index (χ1n) is 5.30. The third-order valence-electron chi connectivity index (χ3n) is 2.00. The van der Waals surface area contributed by atoms with Crippen molar-refractivity contribution in [1.82, 2.24) is 0 Å². The molecule has 13 heavy (non-hydrogen) atoms. The predicted molar refractivity (Wildman–Crippen MR) is 67.5 cm³/mol. The van der Waals surface area contributed by atoms with Crippen LogP contribution in [0, 0.1) is 0 Å². The summed E-state index contributed by atoms with van der Waals surface area (Å²) in [5.41, 5.74) is 0. The Morgan fingerprint density at radius 3 is 1.08 bits per heavy atom. The largest absolute Gasteiger partial charge is 0.412 e. The van der Waals surface area contributed by atoms with Crippen LogP contribution >= 0.6 is 0 Å². The Hall–Kier alpha value is 1.05. The van der Waals surface area contributed by atoms with Crippen molar-refractivity contribution >= 4 is 29.8 Å². The van der Waals surface area contributed by atoms with E-state index in [1.165, 1.54) is 26.3 Å². The van der Waals surface area contributed by atoms with E-state index < -0.39 is 14.3 Å². The van der Waals surface area contributed by atoms with E-state index in [1.807, 2.05) is 0 Å². The molecule has 0 atom stereocenters. The minimum Gasteiger partial charge on any atom is -0.412 e. The van der Waals surface area contributed by atoms with Crippen molar-refractivity contribution in [2.75, 3.05) is 0 Å². The maximum absolute atomic E-state index is 2.34. The quantitative estimate of drug-likeness (QED) is 0.698. The van der Waals surface area contributed by atoms with E-state index >= 15 is 0 Å². The molecule has 0 unspecified atom stereocenters. The number of rotatable bonds is 5. The third-order valence-corrected chi connectivity index (χ3v) is 10.4. The van der Waals surface area contributed by atoms with Gasteiger partial charge in [-0.05, 0) is 0 Å². The summed E-state index contributed by atoms with van der Waals surface area (Å²) in [5, 5.41) is 7.50. The van der Waals surface area contributed by atoms with Crippen LogP contribution in [0.4, 0.5) is 0 Å². The molecule has 0 aromatic rings. The Balaban J connectivity index is -0.000000150. The maximum Gasteiger partial charge on any atom is -0.412 e. The van der Waals surface area contributed by atoms with Gasteiger partial charge in [0.1, 0.15) is 0 Å². The third kappa shape index (κ3) is 19.5. The second-order valence-corrected chi connectivity index (χ2v) is 14.4. The fourth-order valence-electron chi connectivity index (χ4n) is 1.000. The Morgan fingerprint density at radius 2 is 1.08 bits per heavy atom. The molecule has 0 amide bonds. The molecule has 1 nitrogen and oxygen atoms in total. The van der Waals surface area contributed by atoms with Crippen LogP contribution in [0.15, 0.2) is 0 Å². The maximum atomic E-state index is 2.34. The molecule has 0 saturated carbocycles. The number of hydrogen-bond acceptors (Lipinski definition) is 0. The van der Waals surface area contributed by atoms with Gasteiger partial charge in [0.25, 0.3) is 0 Å². The SMILES string of the molecule is C[CH2][Ge]([CH2]C)[CH2]C.C[CH2][Ge][CH2]C.O. The molecule has 0 fully saturated rings. The standard InChI is InChI=1S/C6H15Ge.C4H10Ge.H2O/c1-4-7(5-2)6-3;1-3-5-4-2;/h4-6H2,1-3H3;3-4H2,1-2H3;1H2. The second-order valence-electron chi connectivity index (χ2n) is 2.77. The van der Waals surface area contributed by atoms with E-state index in [9.17, 15) is 0 Å². The van der Waals surface area contributed by atoms with Crippen LogP contribution in [0.25, 0.3) is 0 Å². The summed E-state index contributed by atoms with van der Waals surface area (Å²) in [4.78, 5) is 0. The first-order chi connectivity index (χ1) is 5.76. The molecule has 0 heterocycles. The molecular formula is C10H27Ge2O. The van der Waals surface area contributed by atoms with Crippen molar-refractivity contribution in [2.24, 2.45) is 0 Å². The molecule has 0 aromatic carbocycles. The topological polar surface area (TPSA) is 31.5 Å². The monoisotopic (exact) mass is 311 g/mol. The smallest absolute Gasteiger partial charge is 0.412 e. The fraction of sp³-hybridized carbons (Fsp3) is 1.00. The van der Waals surface area contributed by atoms with Gasteiger partial charge in [-0.1, -0.05) is 0 Å². The molecule has 0 bridgehead atoms. The summed E-state index contributed by atoms with van der Waals surface area (Å²) in [6.07, 6.45) is 0. The molecule has 0 aromatic heterocycles. The molecule has 3 heteroatoms. The summed E-state index contributed by atoms with van der Waals surface area (Å²) < 4.78 is 0. The first-order valence-corrected chi connectivity index (χ1v) is 12.7. The minimum absolute atomic E-state index is 0. The molecular weight excluding hydrogens is 281 g/mol. The van der Waals surface area contributed by atoms with Gasteiger partial charge in [-0.15, -0.1) is 0 Å². The van der Waals surface area contributed by atoms with E-state index in [4.69, 9.17) is 0 Å². The van der Waals surface area contributed by atoms with Gasteiger partial charge in [0.2, 0.25) is 0 Å². The van der Waals surface area contributed by atoms with Gasteiger partial charge in [-0.3, -0.25) is 0 Å². The summed E-state index contributed by atoms with van der Waals surface area (Å²) in [7, 11) is 0. The van der Waals surface area contributed by atoms with E-state index in [2.05, 4.69) is 34.6 Å². The molecule has 0 spiro atoms. The van der Waals surface area contributed by atoms with Gasteiger partial charge in [0.15, 0.2) is 0 Å². The average molecular weight is 309 g/mol.